The van der Waals surface area contributed by atoms with E-state index in [9.17, 15) is 12.8 Å². The van der Waals surface area contributed by atoms with Gasteiger partial charge in [0.15, 0.2) is 0 Å². The van der Waals surface area contributed by atoms with Crippen LogP contribution in [0.1, 0.15) is 19.8 Å². The van der Waals surface area contributed by atoms with Gasteiger partial charge in [0.2, 0.25) is 10.0 Å². The lowest BCUT2D eigenvalue weighted by Crippen LogP contribution is -2.41. The standard InChI is InChI=1S/C16H24FNO4S/c1-3-18(15-6-4-5-14(17)11-15)23(19,20)12-16(21-2)13-7-9-22-10-8-13/h4-6,11,13,16H,3,7-10,12H2,1-2H3. The van der Waals surface area contributed by atoms with Gasteiger partial charge < -0.3 is 9.47 Å². The van der Waals surface area contributed by atoms with Gasteiger partial charge in [-0.05, 0) is 43.9 Å². The van der Waals surface area contributed by atoms with E-state index in [1.807, 2.05) is 0 Å². The molecule has 0 bridgehead atoms. The quantitative estimate of drug-likeness (QED) is 0.762. The van der Waals surface area contributed by atoms with Crippen molar-refractivity contribution in [1.29, 1.82) is 0 Å². The second-order valence-corrected chi connectivity index (χ2v) is 7.59. The number of anilines is 1. The van der Waals surface area contributed by atoms with Crippen LogP contribution in [0.4, 0.5) is 10.1 Å². The molecule has 0 radical (unpaired) electrons. The Kier molecular flexibility index (Phi) is 6.38. The van der Waals surface area contributed by atoms with Crippen LogP contribution in [-0.2, 0) is 19.5 Å². The molecule has 0 saturated carbocycles. The maximum Gasteiger partial charge on any atom is 0.237 e. The Morgan fingerprint density at radius 3 is 2.65 bits per heavy atom. The number of rotatable bonds is 7. The van der Waals surface area contributed by atoms with Gasteiger partial charge in [0.25, 0.3) is 0 Å². The van der Waals surface area contributed by atoms with Crippen molar-refractivity contribution >= 4 is 15.7 Å². The molecule has 130 valence electrons. The summed E-state index contributed by atoms with van der Waals surface area (Å²) < 4.78 is 51.0. The van der Waals surface area contributed by atoms with Crippen molar-refractivity contribution in [3.8, 4) is 0 Å². The van der Waals surface area contributed by atoms with Crippen LogP contribution < -0.4 is 4.31 Å². The molecular formula is C16H24FNO4S. The average Bonchev–Trinajstić information content (AvgIpc) is 2.54. The topological polar surface area (TPSA) is 55.8 Å². The number of benzene rings is 1. The Morgan fingerprint density at radius 1 is 1.39 bits per heavy atom. The van der Waals surface area contributed by atoms with Crippen LogP contribution in [0.3, 0.4) is 0 Å². The highest BCUT2D eigenvalue weighted by molar-refractivity contribution is 7.92. The highest BCUT2D eigenvalue weighted by Gasteiger charge is 2.31. The highest BCUT2D eigenvalue weighted by Crippen LogP contribution is 2.25. The fraction of sp³-hybridized carbons (Fsp3) is 0.625. The maximum absolute atomic E-state index is 13.4. The average molecular weight is 345 g/mol. The zero-order chi connectivity index (χ0) is 16.9. The lowest BCUT2D eigenvalue weighted by Gasteiger charge is -2.31. The minimum atomic E-state index is -3.60. The molecule has 1 fully saturated rings. The summed E-state index contributed by atoms with van der Waals surface area (Å²) >= 11 is 0. The van der Waals surface area contributed by atoms with Crippen molar-refractivity contribution < 1.29 is 22.3 Å². The van der Waals surface area contributed by atoms with E-state index < -0.39 is 15.8 Å². The first-order valence-corrected chi connectivity index (χ1v) is 9.45. The Labute approximate surface area is 137 Å². The van der Waals surface area contributed by atoms with E-state index in [4.69, 9.17) is 9.47 Å². The summed E-state index contributed by atoms with van der Waals surface area (Å²) in [4.78, 5) is 0. The van der Waals surface area contributed by atoms with Crippen molar-refractivity contribution in [3.63, 3.8) is 0 Å². The van der Waals surface area contributed by atoms with Crippen LogP contribution in [0.15, 0.2) is 24.3 Å². The molecule has 0 spiro atoms. The van der Waals surface area contributed by atoms with Crippen LogP contribution in [-0.4, -0.2) is 47.1 Å². The number of sulfonamides is 1. The van der Waals surface area contributed by atoms with Crippen LogP contribution in [0.25, 0.3) is 0 Å². The first-order chi connectivity index (χ1) is 11.0. The van der Waals surface area contributed by atoms with E-state index in [-0.39, 0.29) is 24.3 Å². The van der Waals surface area contributed by atoms with Gasteiger partial charge in [-0.3, -0.25) is 4.31 Å². The molecule has 1 aliphatic heterocycles. The molecule has 1 saturated heterocycles. The molecule has 23 heavy (non-hydrogen) atoms. The van der Waals surface area contributed by atoms with Gasteiger partial charge in [0, 0.05) is 26.9 Å². The summed E-state index contributed by atoms with van der Waals surface area (Å²) in [6.07, 6.45) is 1.20. The largest absolute Gasteiger partial charge is 0.381 e. The van der Waals surface area contributed by atoms with E-state index in [1.165, 1.54) is 29.6 Å². The van der Waals surface area contributed by atoms with E-state index >= 15 is 0 Å². The predicted molar refractivity (Wildman–Crippen MR) is 87.5 cm³/mol. The summed E-state index contributed by atoms with van der Waals surface area (Å²) in [6, 6.07) is 5.64. The third-order valence-corrected chi connectivity index (χ3v) is 6.08. The molecule has 0 amide bonds. The third-order valence-electron chi connectivity index (χ3n) is 4.19. The Balaban J connectivity index is 2.17. The second kappa shape index (κ2) is 8.08. The number of ether oxygens (including phenoxy) is 2. The molecule has 1 atom stereocenters. The summed E-state index contributed by atoms with van der Waals surface area (Å²) in [5.41, 5.74) is 0.342. The molecule has 5 nitrogen and oxygen atoms in total. The lowest BCUT2D eigenvalue weighted by atomic mass is 9.95. The molecule has 7 heteroatoms. The van der Waals surface area contributed by atoms with E-state index in [0.29, 0.717) is 18.9 Å². The molecule has 1 aromatic carbocycles. The fourth-order valence-corrected chi connectivity index (χ4v) is 4.78. The molecule has 0 aliphatic carbocycles. The number of hydrogen-bond donors (Lipinski definition) is 0. The third kappa shape index (κ3) is 4.65. The summed E-state index contributed by atoms with van der Waals surface area (Å²) in [5, 5.41) is 0. The summed E-state index contributed by atoms with van der Waals surface area (Å²) in [6.45, 7) is 3.24. The molecule has 1 aromatic rings. The smallest absolute Gasteiger partial charge is 0.237 e. The molecule has 0 N–H and O–H groups in total. The van der Waals surface area contributed by atoms with Crippen molar-refractivity contribution in [3.05, 3.63) is 30.1 Å². The van der Waals surface area contributed by atoms with Gasteiger partial charge in [-0.2, -0.15) is 0 Å². The maximum atomic E-state index is 13.4. The summed E-state index contributed by atoms with van der Waals surface area (Å²) in [5.74, 6) is -0.406. The summed E-state index contributed by atoms with van der Waals surface area (Å²) in [7, 11) is -2.07. The Hall–Kier alpha value is -1.18. The van der Waals surface area contributed by atoms with Crippen molar-refractivity contribution in [1.82, 2.24) is 0 Å². The molecular weight excluding hydrogens is 321 g/mol. The molecule has 0 aromatic heterocycles. The van der Waals surface area contributed by atoms with Crippen LogP contribution in [0.2, 0.25) is 0 Å². The first kappa shape index (κ1) is 18.2. The van der Waals surface area contributed by atoms with E-state index in [2.05, 4.69) is 0 Å². The normalized spacial score (nSPS) is 17.9. The molecule has 2 rings (SSSR count). The number of halogens is 1. The van der Waals surface area contributed by atoms with Gasteiger partial charge in [-0.15, -0.1) is 0 Å². The molecule has 1 heterocycles. The molecule has 1 aliphatic rings. The van der Waals surface area contributed by atoms with E-state index in [0.717, 1.165) is 12.8 Å². The lowest BCUT2D eigenvalue weighted by molar-refractivity contribution is -0.00324. The van der Waals surface area contributed by atoms with Crippen LogP contribution in [0, 0.1) is 11.7 Å². The van der Waals surface area contributed by atoms with Gasteiger partial charge in [-0.1, -0.05) is 6.07 Å². The Bertz CT molecular complexity index is 602. The van der Waals surface area contributed by atoms with Gasteiger partial charge in [-0.25, -0.2) is 12.8 Å². The Morgan fingerprint density at radius 2 is 2.09 bits per heavy atom. The minimum Gasteiger partial charge on any atom is -0.381 e. The van der Waals surface area contributed by atoms with Gasteiger partial charge >= 0.3 is 0 Å². The minimum absolute atomic E-state index is 0.113. The highest BCUT2D eigenvalue weighted by atomic mass is 32.2. The van der Waals surface area contributed by atoms with E-state index in [1.54, 1.807) is 13.0 Å². The van der Waals surface area contributed by atoms with Crippen molar-refractivity contribution in [2.24, 2.45) is 5.92 Å². The van der Waals surface area contributed by atoms with Gasteiger partial charge in [0.1, 0.15) is 5.82 Å². The van der Waals surface area contributed by atoms with Crippen molar-refractivity contribution in [2.45, 2.75) is 25.9 Å². The number of methoxy groups -OCH3 is 1. The van der Waals surface area contributed by atoms with Gasteiger partial charge in [0.05, 0.1) is 17.5 Å². The van der Waals surface area contributed by atoms with Crippen LogP contribution in [0.5, 0.6) is 0 Å². The first-order valence-electron chi connectivity index (χ1n) is 7.84. The van der Waals surface area contributed by atoms with Crippen LogP contribution >= 0.6 is 0 Å². The zero-order valence-corrected chi connectivity index (χ0v) is 14.4. The SMILES string of the molecule is CCN(c1cccc(F)c1)S(=O)(=O)CC(OC)C1CCOCC1. The predicted octanol–water partition coefficient (Wildman–Crippen LogP) is 2.42. The van der Waals surface area contributed by atoms with Crippen molar-refractivity contribution in [2.75, 3.05) is 36.9 Å². The molecule has 1 unspecified atom stereocenters. The zero-order valence-electron chi connectivity index (χ0n) is 13.6. The second-order valence-electron chi connectivity index (χ2n) is 5.65. The number of nitrogens with zero attached hydrogens (tertiary/aromatic N) is 1. The monoisotopic (exact) mass is 345 g/mol. The number of hydrogen-bond acceptors (Lipinski definition) is 4. The fourth-order valence-electron chi connectivity index (χ4n) is 2.95.